The molecular formula is C16H33N3P+. The zero-order chi connectivity index (χ0) is 15.7. The molecule has 0 saturated heterocycles. The van der Waals surface area contributed by atoms with Crippen molar-refractivity contribution < 1.29 is 0 Å². The monoisotopic (exact) mass is 298 g/mol. The molecule has 0 heterocycles. The maximum Gasteiger partial charge on any atom is 0.190 e. The lowest BCUT2D eigenvalue weighted by Crippen LogP contribution is -2.11. The lowest BCUT2D eigenvalue weighted by Gasteiger charge is -2.26. The van der Waals surface area contributed by atoms with Gasteiger partial charge in [0.15, 0.2) is 12.4 Å². The van der Waals surface area contributed by atoms with Gasteiger partial charge in [0.05, 0.1) is 24.6 Å². The molecule has 0 aromatic carbocycles. The van der Waals surface area contributed by atoms with Crippen LogP contribution in [0.2, 0.25) is 0 Å². The Balaban J connectivity index is 0. The summed E-state index contributed by atoms with van der Waals surface area (Å²) in [7, 11) is -0.527. The number of rotatable bonds is 10. The highest BCUT2D eigenvalue weighted by molar-refractivity contribution is 7.75. The molecule has 0 bridgehead atoms. The van der Waals surface area contributed by atoms with Crippen molar-refractivity contribution in [1.29, 1.82) is 10.5 Å². The molecule has 0 unspecified atom stereocenters. The molecule has 0 atom stereocenters. The summed E-state index contributed by atoms with van der Waals surface area (Å²) in [5.74, 6) is 0. The van der Waals surface area contributed by atoms with Crippen LogP contribution >= 0.6 is 7.26 Å². The van der Waals surface area contributed by atoms with E-state index in [-0.39, 0.29) is 0 Å². The van der Waals surface area contributed by atoms with E-state index in [4.69, 9.17) is 10.5 Å². The van der Waals surface area contributed by atoms with Crippen molar-refractivity contribution in [1.82, 2.24) is 5.32 Å². The predicted octanol–water partition coefficient (Wildman–Crippen LogP) is 4.96. The minimum atomic E-state index is -0.527. The molecular weight excluding hydrogens is 265 g/mol. The maximum absolute atomic E-state index is 7.48. The summed E-state index contributed by atoms with van der Waals surface area (Å²) in [6, 6.07) is 0. The van der Waals surface area contributed by atoms with Crippen molar-refractivity contribution in [2.75, 3.05) is 24.6 Å². The minimum Gasteiger partial charge on any atom is -0.229 e. The van der Waals surface area contributed by atoms with Crippen LogP contribution in [0.5, 0.6) is 0 Å². The number of nitrogens with one attached hydrogen (secondary N) is 1. The average molecular weight is 298 g/mol. The Kier molecular flexibility index (Phi) is 17.5. The van der Waals surface area contributed by atoms with E-state index in [9.17, 15) is 0 Å². The number of nitriles is 2. The van der Waals surface area contributed by atoms with Gasteiger partial charge in [0.25, 0.3) is 0 Å². The molecule has 0 radical (unpaired) electrons. The van der Waals surface area contributed by atoms with Crippen LogP contribution < -0.4 is 5.32 Å². The number of unbranched alkanes of at least 4 members (excludes halogenated alkanes) is 3. The van der Waals surface area contributed by atoms with Gasteiger partial charge >= 0.3 is 0 Å². The Morgan fingerprint density at radius 3 is 1.25 bits per heavy atom. The third-order valence-electron chi connectivity index (χ3n) is 3.74. The normalized spacial score (nSPS) is 9.90. The third kappa shape index (κ3) is 12.3. The quantitative estimate of drug-likeness (QED) is 0.352. The van der Waals surface area contributed by atoms with Gasteiger partial charge in [-0.1, -0.05) is 40.0 Å². The van der Waals surface area contributed by atoms with E-state index in [1.165, 1.54) is 57.1 Å². The van der Waals surface area contributed by atoms with Crippen LogP contribution in [0.3, 0.4) is 0 Å². The third-order valence-corrected chi connectivity index (χ3v) is 8.88. The van der Waals surface area contributed by atoms with E-state index in [0.717, 1.165) is 0 Å². The van der Waals surface area contributed by atoms with Gasteiger partial charge in [-0.2, -0.15) is 10.5 Å². The molecule has 116 valence electrons. The van der Waals surface area contributed by atoms with E-state index in [0.29, 0.717) is 0 Å². The van der Waals surface area contributed by atoms with Crippen LogP contribution in [0.25, 0.3) is 0 Å². The van der Waals surface area contributed by atoms with E-state index < -0.39 is 7.26 Å². The van der Waals surface area contributed by atoms with Crippen molar-refractivity contribution in [2.24, 2.45) is 0 Å². The fourth-order valence-electron chi connectivity index (χ4n) is 2.32. The van der Waals surface area contributed by atoms with Crippen molar-refractivity contribution in [3.63, 3.8) is 0 Å². The van der Waals surface area contributed by atoms with Gasteiger partial charge in [0, 0.05) is 7.26 Å². The number of nitrogens with zero attached hydrogens (tertiary/aromatic N) is 2. The van der Waals surface area contributed by atoms with Crippen LogP contribution in [0.1, 0.15) is 66.2 Å². The predicted molar refractivity (Wildman–Crippen MR) is 91.1 cm³/mol. The van der Waals surface area contributed by atoms with Gasteiger partial charge in [-0.25, -0.2) is 5.32 Å². The first-order valence-corrected chi connectivity index (χ1v) is 10.6. The fraction of sp³-hybridized carbons (Fsp3) is 0.875. The molecule has 0 amide bonds. The highest BCUT2D eigenvalue weighted by Gasteiger charge is 2.32. The van der Waals surface area contributed by atoms with Crippen LogP contribution in [0.4, 0.5) is 0 Å². The Morgan fingerprint density at radius 1 is 0.750 bits per heavy atom. The topological polar surface area (TPSA) is 59.6 Å². The Hall–Kier alpha value is -0.790. The lowest BCUT2D eigenvalue weighted by molar-refractivity contribution is 0.834. The lowest BCUT2D eigenvalue weighted by atomic mass is 10.4. The highest BCUT2D eigenvalue weighted by Crippen LogP contribution is 2.60. The van der Waals surface area contributed by atoms with Gasteiger partial charge in [-0.05, 0) is 26.2 Å². The van der Waals surface area contributed by atoms with E-state index in [1.807, 2.05) is 0 Å². The average Bonchev–Trinajstić information content (AvgIpc) is 2.48. The van der Waals surface area contributed by atoms with Crippen molar-refractivity contribution in [3.8, 4) is 12.4 Å². The van der Waals surface area contributed by atoms with Gasteiger partial charge in [-0.15, -0.1) is 0 Å². The largest absolute Gasteiger partial charge is 0.229 e. The number of hydrogen-bond acceptors (Lipinski definition) is 3. The maximum atomic E-state index is 7.48. The standard InChI is InChI=1S/C14H32P.C2HN3/c1-5-9-12-15(8-4,13-10-6-2)14-11-7-3;3-1-5-2-4/h5-14H2,1-4H3;5H/q+1;. The van der Waals surface area contributed by atoms with Gasteiger partial charge < -0.3 is 0 Å². The molecule has 0 aromatic heterocycles. The summed E-state index contributed by atoms with van der Waals surface area (Å²) >= 11 is 0. The van der Waals surface area contributed by atoms with Crippen molar-refractivity contribution in [2.45, 2.75) is 66.2 Å². The van der Waals surface area contributed by atoms with Crippen molar-refractivity contribution >= 4 is 7.26 Å². The highest BCUT2D eigenvalue weighted by atomic mass is 31.2. The molecule has 0 rings (SSSR count). The molecule has 0 aliphatic carbocycles. The molecule has 4 heteroatoms. The van der Waals surface area contributed by atoms with E-state index in [1.54, 1.807) is 23.8 Å². The molecule has 1 N–H and O–H groups in total. The van der Waals surface area contributed by atoms with Gasteiger partial charge in [-0.3, -0.25) is 0 Å². The second-order valence-electron chi connectivity index (χ2n) is 5.24. The summed E-state index contributed by atoms with van der Waals surface area (Å²) in [4.78, 5) is 0. The van der Waals surface area contributed by atoms with Gasteiger partial charge in [0.1, 0.15) is 0 Å². The number of hydrogen-bond donors (Lipinski definition) is 1. The second kappa shape index (κ2) is 16.3. The van der Waals surface area contributed by atoms with Crippen molar-refractivity contribution in [3.05, 3.63) is 0 Å². The molecule has 0 aliphatic rings. The van der Waals surface area contributed by atoms with Crippen LogP contribution in [-0.2, 0) is 0 Å². The van der Waals surface area contributed by atoms with Crippen LogP contribution in [-0.4, -0.2) is 24.6 Å². The van der Waals surface area contributed by atoms with Crippen LogP contribution in [0.15, 0.2) is 0 Å². The first kappa shape index (κ1) is 21.5. The Labute approximate surface area is 127 Å². The second-order valence-corrected chi connectivity index (χ2v) is 9.90. The summed E-state index contributed by atoms with van der Waals surface area (Å²) in [6.45, 7) is 9.46. The zero-order valence-electron chi connectivity index (χ0n) is 13.9. The van der Waals surface area contributed by atoms with E-state index in [2.05, 4.69) is 27.7 Å². The summed E-state index contributed by atoms with van der Waals surface area (Å²) in [5.41, 5.74) is 0. The summed E-state index contributed by atoms with van der Waals surface area (Å²) in [5, 5.41) is 16.7. The summed E-state index contributed by atoms with van der Waals surface area (Å²) < 4.78 is 0. The molecule has 0 aromatic rings. The molecule has 0 aliphatic heterocycles. The fourth-order valence-corrected chi connectivity index (χ4v) is 6.90. The molecule has 3 nitrogen and oxygen atoms in total. The van der Waals surface area contributed by atoms with Gasteiger partial charge in [0.2, 0.25) is 0 Å². The zero-order valence-corrected chi connectivity index (χ0v) is 14.8. The Morgan fingerprint density at radius 2 is 1.10 bits per heavy atom. The van der Waals surface area contributed by atoms with Crippen LogP contribution in [0, 0.1) is 22.9 Å². The molecule has 0 saturated carbocycles. The molecule has 20 heavy (non-hydrogen) atoms. The summed E-state index contributed by atoms with van der Waals surface area (Å²) in [6.07, 6.45) is 17.7. The minimum absolute atomic E-state index is 0.527. The molecule has 0 spiro atoms. The smallest absolute Gasteiger partial charge is 0.190 e. The SMILES string of the molecule is CCCC[P+](CC)(CCCC)CCCC.N#CNC#N. The Bertz CT molecular complexity index is 245. The first-order chi connectivity index (χ1) is 9.66. The molecule has 0 fully saturated rings. The first-order valence-electron chi connectivity index (χ1n) is 8.04. The van der Waals surface area contributed by atoms with E-state index >= 15 is 0 Å².